The van der Waals surface area contributed by atoms with Gasteiger partial charge in [-0.05, 0) is 30.0 Å². The zero-order valence-electron chi connectivity index (χ0n) is 11.1. The molecule has 0 aliphatic heterocycles. The minimum atomic E-state index is -3.80. The van der Waals surface area contributed by atoms with Gasteiger partial charge in [-0.3, -0.25) is 0 Å². The Hall–Kier alpha value is -1.57. The lowest BCUT2D eigenvalue weighted by atomic mass is 10.2. The zero-order chi connectivity index (χ0) is 14.8. The molecule has 1 heterocycles. The van der Waals surface area contributed by atoms with Gasteiger partial charge in [-0.1, -0.05) is 12.1 Å². The number of nitrogens with zero attached hydrogens (tertiary/aromatic N) is 1. The molecule has 1 aromatic carbocycles. The number of likely N-dealkylation sites (N-methyl/N-ethyl adjacent to an activating group) is 1. The van der Waals surface area contributed by atoms with Crippen LogP contribution in [0.15, 0.2) is 40.6 Å². The lowest BCUT2D eigenvalue weighted by Crippen LogP contribution is -2.23. The van der Waals surface area contributed by atoms with Crippen molar-refractivity contribution >= 4 is 32.7 Å². The molecule has 0 amide bonds. The molecule has 20 heavy (non-hydrogen) atoms. The van der Waals surface area contributed by atoms with Crippen molar-refractivity contribution in [2.75, 3.05) is 24.2 Å². The Labute approximate surface area is 122 Å². The number of hydrogen-bond donors (Lipinski definition) is 2. The van der Waals surface area contributed by atoms with Crippen LogP contribution in [0.2, 0.25) is 0 Å². The first-order valence-electron chi connectivity index (χ1n) is 6.04. The molecule has 4 N–H and O–H groups in total. The Balaban J connectivity index is 2.20. The number of primary sulfonamides is 1. The van der Waals surface area contributed by atoms with Crippen molar-refractivity contribution in [3.8, 4) is 0 Å². The van der Waals surface area contributed by atoms with Gasteiger partial charge in [-0.2, -0.15) is 0 Å². The highest BCUT2D eigenvalue weighted by Crippen LogP contribution is 2.28. The third kappa shape index (κ3) is 3.30. The van der Waals surface area contributed by atoms with Gasteiger partial charge in [-0.25, -0.2) is 13.6 Å². The number of para-hydroxylation sites is 1. The van der Waals surface area contributed by atoms with Crippen molar-refractivity contribution in [1.82, 2.24) is 0 Å². The highest BCUT2D eigenvalue weighted by atomic mass is 32.2. The van der Waals surface area contributed by atoms with Crippen molar-refractivity contribution in [1.29, 1.82) is 0 Å². The SMILES string of the molecule is CN(CCc1cccs1)c1cccc(S(N)(=O)=O)c1N. The van der Waals surface area contributed by atoms with Crippen LogP contribution in [0, 0.1) is 0 Å². The second-order valence-corrected chi connectivity index (χ2v) is 7.05. The smallest absolute Gasteiger partial charge is 0.240 e. The maximum Gasteiger partial charge on any atom is 0.240 e. The van der Waals surface area contributed by atoms with Gasteiger partial charge >= 0.3 is 0 Å². The maximum absolute atomic E-state index is 11.5. The van der Waals surface area contributed by atoms with Gasteiger partial charge in [0.25, 0.3) is 0 Å². The van der Waals surface area contributed by atoms with Gasteiger partial charge in [0.15, 0.2) is 0 Å². The molecule has 0 radical (unpaired) electrons. The van der Waals surface area contributed by atoms with E-state index >= 15 is 0 Å². The molecule has 0 atom stereocenters. The number of benzene rings is 1. The Morgan fingerprint density at radius 1 is 1.25 bits per heavy atom. The maximum atomic E-state index is 11.5. The monoisotopic (exact) mass is 311 g/mol. The summed E-state index contributed by atoms with van der Waals surface area (Å²) < 4.78 is 22.9. The normalized spacial score (nSPS) is 11.5. The number of nitrogen functional groups attached to an aromatic ring is 1. The van der Waals surface area contributed by atoms with Crippen LogP contribution in [0.4, 0.5) is 11.4 Å². The quantitative estimate of drug-likeness (QED) is 0.822. The molecule has 0 unspecified atom stereocenters. The van der Waals surface area contributed by atoms with Gasteiger partial charge < -0.3 is 10.6 Å². The second-order valence-electron chi connectivity index (χ2n) is 4.48. The van der Waals surface area contributed by atoms with Crippen molar-refractivity contribution in [3.05, 3.63) is 40.6 Å². The van der Waals surface area contributed by atoms with E-state index in [9.17, 15) is 8.42 Å². The molecule has 0 aliphatic carbocycles. The Morgan fingerprint density at radius 2 is 2.00 bits per heavy atom. The van der Waals surface area contributed by atoms with E-state index in [0.29, 0.717) is 5.69 Å². The second kappa shape index (κ2) is 5.82. The first-order chi connectivity index (χ1) is 9.39. The van der Waals surface area contributed by atoms with Gasteiger partial charge in [0.1, 0.15) is 4.90 Å². The summed E-state index contributed by atoms with van der Waals surface area (Å²) >= 11 is 1.70. The van der Waals surface area contributed by atoms with E-state index in [4.69, 9.17) is 10.9 Å². The van der Waals surface area contributed by atoms with Crippen molar-refractivity contribution in [2.24, 2.45) is 5.14 Å². The van der Waals surface area contributed by atoms with Crippen LogP contribution < -0.4 is 15.8 Å². The average Bonchev–Trinajstić information content (AvgIpc) is 2.88. The summed E-state index contributed by atoms with van der Waals surface area (Å²) in [4.78, 5) is 3.18. The third-order valence-corrected chi connectivity index (χ3v) is 4.94. The molecule has 0 saturated carbocycles. The first-order valence-corrected chi connectivity index (χ1v) is 8.47. The van der Waals surface area contributed by atoms with Crippen molar-refractivity contribution < 1.29 is 8.42 Å². The molecule has 1 aromatic heterocycles. The molecular weight excluding hydrogens is 294 g/mol. The van der Waals surface area contributed by atoms with Gasteiger partial charge in [0.2, 0.25) is 10.0 Å². The van der Waals surface area contributed by atoms with E-state index in [2.05, 4.69) is 6.07 Å². The summed E-state index contributed by atoms with van der Waals surface area (Å²) in [5, 5.41) is 7.19. The Morgan fingerprint density at radius 3 is 2.60 bits per heavy atom. The lowest BCUT2D eigenvalue weighted by Gasteiger charge is -2.21. The van der Waals surface area contributed by atoms with Gasteiger partial charge in [0.05, 0.1) is 11.4 Å². The van der Waals surface area contributed by atoms with Crippen LogP contribution in [-0.2, 0) is 16.4 Å². The largest absolute Gasteiger partial charge is 0.396 e. The highest BCUT2D eigenvalue weighted by Gasteiger charge is 2.16. The van der Waals surface area contributed by atoms with E-state index in [0.717, 1.165) is 13.0 Å². The highest BCUT2D eigenvalue weighted by molar-refractivity contribution is 7.89. The fourth-order valence-corrected chi connectivity index (χ4v) is 3.34. The lowest BCUT2D eigenvalue weighted by molar-refractivity contribution is 0.598. The van der Waals surface area contributed by atoms with E-state index in [1.807, 2.05) is 23.4 Å². The van der Waals surface area contributed by atoms with Crippen LogP contribution in [0.5, 0.6) is 0 Å². The molecule has 0 fully saturated rings. The van der Waals surface area contributed by atoms with Crippen LogP contribution in [0.3, 0.4) is 0 Å². The number of sulfonamides is 1. The van der Waals surface area contributed by atoms with Crippen LogP contribution in [0.25, 0.3) is 0 Å². The van der Waals surface area contributed by atoms with E-state index in [-0.39, 0.29) is 10.6 Å². The molecule has 108 valence electrons. The first kappa shape index (κ1) is 14.8. The molecule has 0 bridgehead atoms. The molecule has 7 heteroatoms. The van der Waals surface area contributed by atoms with Gasteiger partial charge in [-0.15, -0.1) is 11.3 Å². The summed E-state index contributed by atoms with van der Waals surface area (Å²) in [6, 6.07) is 8.94. The summed E-state index contributed by atoms with van der Waals surface area (Å²) in [6.07, 6.45) is 0.882. The van der Waals surface area contributed by atoms with Crippen molar-refractivity contribution in [2.45, 2.75) is 11.3 Å². The van der Waals surface area contributed by atoms with E-state index < -0.39 is 10.0 Å². The van der Waals surface area contributed by atoms with Crippen LogP contribution >= 0.6 is 11.3 Å². The molecule has 0 aliphatic rings. The standard InChI is InChI=1S/C13H17N3O2S2/c1-16(8-7-10-4-3-9-19-10)11-5-2-6-12(13(11)14)20(15,17)18/h2-6,9H,7-8,14H2,1H3,(H2,15,17,18). The fraction of sp³-hybridized carbons (Fsp3) is 0.231. The van der Waals surface area contributed by atoms with E-state index in [1.54, 1.807) is 23.5 Å². The predicted octanol–water partition coefficient (Wildman–Crippen LogP) is 1.66. The Kier molecular flexibility index (Phi) is 4.32. The number of thiophene rings is 1. The molecule has 2 aromatic rings. The Bertz CT molecular complexity index is 682. The third-order valence-electron chi connectivity index (χ3n) is 3.03. The average molecular weight is 311 g/mol. The van der Waals surface area contributed by atoms with Crippen molar-refractivity contribution in [3.63, 3.8) is 0 Å². The van der Waals surface area contributed by atoms with Gasteiger partial charge in [0, 0.05) is 18.5 Å². The van der Waals surface area contributed by atoms with Crippen LogP contribution in [0.1, 0.15) is 4.88 Å². The minimum absolute atomic E-state index is 0.0297. The fourth-order valence-electron chi connectivity index (χ4n) is 1.97. The predicted molar refractivity (Wildman–Crippen MR) is 83.5 cm³/mol. The molecule has 5 nitrogen and oxygen atoms in total. The summed E-state index contributed by atoms with van der Waals surface area (Å²) in [5.74, 6) is 0. The molecular formula is C13H17N3O2S2. The van der Waals surface area contributed by atoms with Crippen LogP contribution in [-0.4, -0.2) is 22.0 Å². The number of hydrogen-bond acceptors (Lipinski definition) is 5. The molecule has 0 spiro atoms. The molecule has 0 saturated heterocycles. The molecule has 2 rings (SSSR count). The van der Waals surface area contributed by atoms with E-state index in [1.165, 1.54) is 10.9 Å². The summed E-state index contributed by atoms with van der Waals surface area (Å²) in [6.45, 7) is 0.749. The summed E-state index contributed by atoms with van der Waals surface area (Å²) in [5.41, 5.74) is 6.79. The minimum Gasteiger partial charge on any atom is -0.396 e. The number of nitrogens with two attached hydrogens (primary N) is 2. The zero-order valence-corrected chi connectivity index (χ0v) is 12.7. The summed E-state index contributed by atoms with van der Waals surface area (Å²) in [7, 11) is -1.92. The number of anilines is 2. The number of rotatable bonds is 5. The topological polar surface area (TPSA) is 89.4 Å².